The molecule has 0 aliphatic carbocycles. The molecule has 0 spiro atoms. The van der Waals surface area contributed by atoms with Crippen LogP contribution in [-0.4, -0.2) is 32.5 Å². The first kappa shape index (κ1) is 13.1. The van der Waals surface area contributed by atoms with Gasteiger partial charge in [-0.2, -0.15) is 0 Å². The molecular formula is C10H19NO3. The van der Waals surface area contributed by atoms with E-state index in [1.54, 1.807) is 0 Å². The molecule has 0 bridgehead atoms. The zero-order valence-electron chi connectivity index (χ0n) is 8.75. The molecular weight excluding hydrogens is 182 g/mol. The Kier molecular flexibility index (Phi) is 9.58. The largest absolute Gasteiger partial charge is 0.379 e. The van der Waals surface area contributed by atoms with Gasteiger partial charge in [-0.05, 0) is 12.5 Å². The van der Waals surface area contributed by atoms with Gasteiger partial charge in [0.2, 0.25) is 5.91 Å². The Morgan fingerprint density at radius 3 is 2.71 bits per heavy atom. The smallest absolute Gasteiger partial charge is 0.245 e. The monoisotopic (exact) mass is 201 g/mol. The molecule has 0 heterocycles. The van der Waals surface area contributed by atoms with E-state index in [1.165, 1.54) is 6.08 Å². The van der Waals surface area contributed by atoms with Gasteiger partial charge >= 0.3 is 0 Å². The maximum absolute atomic E-state index is 10.6. The van der Waals surface area contributed by atoms with Gasteiger partial charge in [0.05, 0.1) is 13.2 Å². The Morgan fingerprint density at radius 2 is 2.07 bits per heavy atom. The first-order valence-corrected chi connectivity index (χ1v) is 4.87. The van der Waals surface area contributed by atoms with Crippen molar-refractivity contribution >= 4 is 5.91 Å². The number of carbonyl (C=O) groups excluding carboxylic acids is 1. The maximum atomic E-state index is 10.6. The molecule has 0 unspecified atom stereocenters. The fourth-order valence-electron chi connectivity index (χ4n) is 0.733. The van der Waals surface area contributed by atoms with E-state index in [0.717, 1.165) is 19.4 Å². The van der Waals surface area contributed by atoms with E-state index in [-0.39, 0.29) is 12.6 Å². The van der Waals surface area contributed by atoms with E-state index in [4.69, 9.17) is 9.47 Å². The van der Waals surface area contributed by atoms with Crippen LogP contribution in [0, 0.1) is 0 Å². The lowest BCUT2D eigenvalue weighted by Gasteiger charge is -2.05. The van der Waals surface area contributed by atoms with Crippen molar-refractivity contribution in [2.24, 2.45) is 0 Å². The summed E-state index contributed by atoms with van der Waals surface area (Å²) >= 11 is 0. The van der Waals surface area contributed by atoms with Crippen LogP contribution in [-0.2, 0) is 14.3 Å². The van der Waals surface area contributed by atoms with Crippen LogP contribution in [0.1, 0.15) is 19.8 Å². The van der Waals surface area contributed by atoms with Crippen molar-refractivity contribution in [3.8, 4) is 0 Å². The summed E-state index contributed by atoms with van der Waals surface area (Å²) < 4.78 is 10.3. The van der Waals surface area contributed by atoms with Crippen molar-refractivity contribution < 1.29 is 14.3 Å². The molecule has 82 valence electrons. The lowest BCUT2D eigenvalue weighted by molar-refractivity contribution is -0.118. The van der Waals surface area contributed by atoms with Crippen LogP contribution < -0.4 is 5.32 Å². The fourth-order valence-corrected chi connectivity index (χ4v) is 0.733. The summed E-state index contributed by atoms with van der Waals surface area (Å²) in [5.74, 6) is -0.225. The summed E-state index contributed by atoms with van der Waals surface area (Å²) in [6, 6.07) is 0. The van der Waals surface area contributed by atoms with Crippen LogP contribution in [0.25, 0.3) is 0 Å². The molecule has 14 heavy (non-hydrogen) atoms. The van der Waals surface area contributed by atoms with E-state index < -0.39 is 0 Å². The maximum Gasteiger partial charge on any atom is 0.245 e. The van der Waals surface area contributed by atoms with Crippen LogP contribution in [0.2, 0.25) is 0 Å². The van der Waals surface area contributed by atoms with Crippen molar-refractivity contribution in [3.05, 3.63) is 12.7 Å². The number of nitrogens with one attached hydrogen (secondary N) is 1. The number of hydrogen-bond donors (Lipinski definition) is 1. The highest BCUT2D eigenvalue weighted by Gasteiger charge is 1.92. The van der Waals surface area contributed by atoms with Gasteiger partial charge in [-0.15, -0.1) is 0 Å². The van der Waals surface area contributed by atoms with Gasteiger partial charge in [0.25, 0.3) is 0 Å². The molecule has 0 atom stereocenters. The molecule has 0 aliphatic rings. The zero-order valence-corrected chi connectivity index (χ0v) is 8.75. The van der Waals surface area contributed by atoms with Gasteiger partial charge in [0, 0.05) is 6.61 Å². The first-order valence-electron chi connectivity index (χ1n) is 4.87. The lowest BCUT2D eigenvalue weighted by Crippen LogP contribution is -2.24. The van der Waals surface area contributed by atoms with Gasteiger partial charge in [0.1, 0.15) is 6.73 Å². The van der Waals surface area contributed by atoms with Gasteiger partial charge in [-0.3, -0.25) is 4.79 Å². The Hall–Kier alpha value is -0.870. The summed E-state index contributed by atoms with van der Waals surface area (Å²) in [7, 11) is 0. The van der Waals surface area contributed by atoms with Crippen LogP contribution in [0.15, 0.2) is 12.7 Å². The fraction of sp³-hybridized carbons (Fsp3) is 0.700. The normalized spacial score (nSPS) is 9.79. The predicted octanol–water partition coefficient (Wildman–Crippen LogP) is 1.08. The van der Waals surface area contributed by atoms with E-state index in [2.05, 4.69) is 18.8 Å². The summed E-state index contributed by atoms with van der Waals surface area (Å²) in [5, 5.41) is 2.50. The molecule has 0 saturated carbocycles. The van der Waals surface area contributed by atoms with Crippen LogP contribution in [0.3, 0.4) is 0 Å². The molecule has 0 rings (SSSR count). The summed E-state index contributed by atoms with van der Waals surface area (Å²) in [5.41, 5.74) is 0. The van der Waals surface area contributed by atoms with E-state index >= 15 is 0 Å². The number of ether oxygens (including phenoxy) is 2. The summed E-state index contributed by atoms with van der Waals surface area (Å²) in [4.78, 5) is 10.6. The highest BCUT2D eigenvalue weighted by Crippen LogP contribution is 1.87. The minimum Gasteiger partial charge on any atom is -0.379 e. The number of hydrogen-bond acceptors (Lipinski definition) is 3. The second-order valence-electron chi connectivity index (χ2n) is 2.76. The van der Waals surface area contributed by atoms with Gasteiger partial charge in [-0.1, -0.05) is 19.9 Å². The minimum atomic E-state index is -0.225. The predicted molar refractivity (Wildman–Crippen MR) is 54.9 cm³/mol. The molecule has 4 heteroatoms. The second-order valence-corrected chi connectivity index (χ2v) is 2.76. The SMILES string of the molecule is C=CC(=O)NCOCCOCCCC. The molecule has 0 aromatic heterocycles. The Morgan fingerprint density at radius 1 is 1.36 bits per heavy atom. The van der Waals surface area contributed by atoms with Crippen molar-refractivity contribution in [1.29, 1.82) is 0 Å². The molecule has 0 aliphatic heterocycles. The number of carbonyl (C=O) groups is 1. The van der Waals surface area contributed by atoms with Gasteiger partial charge < -0.3 is 14.8 Å². The van der Waals surface area contributed by atoms with Crippen LogP contribution in [0.5, 0.6) is 0 Å². The topological polar surface area (TPSA) is 47.6 Å². The molecule has 1 amide bonds. The van der Waals surface area contributed by atoms with Crippen LogP contribution in [0.4, 0.5) is 0 Å². The number of amides is 1. The standard InChI is InChI=1S/C10H19NO3/c1-3-5-6-13-7-8-14-9-11-10(12)4-2/h4H,2-3,5-9H2,1H3,(H,11,12). The third-order valence-corrected chi connectivity index (χ3v) is 1.55. The van der Waals surface area contributed by atoms with Crippen molar-refractivity contribution in [2.75, 3.05) is 26.6 Å². The highest BCUT2D eigenvalue weighted by atomic mass is 16.5. The molecule has 1 N–H and O–H groups in total. The summed E-state index contributed by atoms with van der Waals surface area (Å²) in [6.45, 7) is 7.49. The quantitative estimate of drug-likeness (QED) is 0.345. The molecule has 4 nitrogen and oxygen atoms in total. The Labute approximate surface area is 85.3 Å². The van der Waals surface area contributed by atoms with Gasteiger partial charge in [-0.25, -0.2) is 0 Å². The Bertz CT molecular complexity index is 159. The number of rotatable bonds is 9. The van der Waals surface area contributed by atoms with E-state index in [0.29, 0.717) is 13.2 Å². The van der Waals surface area contributed by atoms with Crippen molar-refractivity contribution in [1.82, 2.24) is 5.32 Å². The van der Waals surface area contributed by atoms with E-state index in [9.17, 15) is 4.79 Å². The number of unbranched alkanes of at least 4 members (excludes halogenated alkanes) is 1. The van der Waals surface area contributed by atoms with Crippen molar-refractivity contribution in [3.63, 3.8) is 0 Å². The molecule has 0 saturated heterocycles. The summed E-state index contributed by atoms with van der Waals surface area (Å²) in [6.07, 6.45) is 3.42. The third-order valence-electron chi connectivity index (χ3n) is 1.55. The van der Waals surface area contributed by atoms with Gasteiger partial charge in [0.15, 0.2) is 0 Å². The zero-order chi connectivity index (χ0) is 10.6. The van der Waals surface area contributed by atoms with Crippen LogP contribution >= 0.6 is 0 Å². The van der Waals surface area contributed by atoms with Crippen molar-refractivity contribution in [2.45, 2.75) is 19.8 Å². The minimum absolute atomic E-state index is 0.210. The second kappa shape index (κ2) is 10.2. The van der Waals surface area contributed by atoms with E-state index in [1.807, 2.05) is 0 Å². The molecule has 0 aromatic rings. The Balaban J connectivity index is 2.99. The molecule has 0 fully saturated rings. The first-order chi connectivity index (χ1) is 6.81. The highest BCUT2D eigenvalue weighted by molar-refractivity contribution is 5.86. The lowest BCUT2D eigenvalue weighted by atomic mass is 10.4. The average molecular weight is 201 g/mol. The molecule has 0 aromatic carbocycles. The third kappa shape index (κ3) is 9.22. The molecule has 0 radical (unpaired) electrons. The average Bonchev–Trinajstić information content (AvgIpc) is 2.21.